The number of rotatable bonds is 5. The summed E-state index contributed by atoms with van der Waals surface area (Å²) in [5.41, 5.74) is 2.56. The molecule has 0 unspecified atom stereocenters. The SMILES string of the molecule is C[C@H](NCCc1ccsc1)c1ccccc1Cl. The molecule has 0 spiro atoms. The number of thiophene rings is 1. The molecule has 1 N–H and O–H groups in total. The highest BCUT2D eigenvalue weighted by Crippen LogP contribution is 2.21. The summed E-state index contributed by atoms with van der Waals surface area (Å²) in [5.74, 6) is 0. The van der Waals surface area contributed by atoms with Crippen molar-refractivity contribution in [3.63, 3.8) is 0 Å². The molecule has 3 heteroatoms. The smallest absolute Gasteiger partial charge is 0.0453 e. The van der Waals surface area contributed by atoms with Gasteiger partial charge in [0.05, 0.1) is 0 Å². The van der Waals surface area contributed by atoms with Crippen LogP contribution in [0.15, 0.2) is 41.1 Å². The minimum Gasteiger partial charge on any atom is -0.310 e. The monoisotopic (exact) mass is 265 g/mol. The Morgan fingerprint density at radius 3 is 2.82 bits per heavy atom. The van der Waals surface area contributed by atoms with Crippen LogP contribution in [0.4, 0.5) is 0 Å². The highest BCUT2D eigenvalue weighted by molar-refractivity contribution is 7.07. The topological polar surface area (TPSA) is 12.0 Å². The molecule has 1 aromatic heterocycles. The van der Waals surface area contributed by atoms with Crippen molar-refractivity contribution >= 4 is 22.9 Å². The van der Waals surface area contributed by atoms with Gasteiger partial charge in [-0.2, -0.15) is 11.3 Å². The van der Waals surface area contributed by atoms with Crippen molar-refractivity contribution in [2.75, 3.05) is 6.54 Å². The highest BCUT2D eigenvalue weighted by atomic mass is 35.5. The summed E-state index contributed by atoms with van der Waals surface area (Å²) in [6.07, 6.45) is 1.07. The summed E-state index contributed by atoms with van der Waals surface area (Å²) < 4.78 is 0. The van der Waals surface area contributed by atoms with E-state index >= 15 is 0 Å². The van der Waals surface area contributed by atoms with Gasteiger partial charge in [0.25, 0.3) is 0 Å². The Labute approximate surface area is 111 Å². The molecule has 0 aliphatic rings. The Balaban J connectivity index is 1.85. The van der Waals surface area contributed by atoms with Crippen LogP contribution in [0.3, 0.4) is 0 Å². The maximum Gasteiger partial charge on any atom is 0.0453 e. The van der Waals surface area contributed by atoms with Gasteiger partial charge in [0.2, 0.25) is 0 Å². The van der Waals surface area contributed by atoms with Crippen molar-refractivity contribution in [1.29, 1.82) is 0 Å². The molecule has 0 fully saturated rings. The Morgan fingerprint density at radius 2 is 2.12 bits per heavy atom. The fourth-order valence-electron chi connectivity index (χ4n) is 1.80. The van der Waals surface area contributed by atoms with Crippen molar-refractivity contribution in [3.8, 4) is 0 Å². The first-order chi connectivity index (χ1) is 8.27. The Morgan fingerprint density at radius 1 is 1.29 bits per heavy atom. The second kappa shape index (κ2) is 6.20. The van der Waals surface area contributed by atoms with E-state index in [2.05, 4.69) is 35.1 Å². The standard InChI is InChI=1S/C14H16ClNS/c1-11(13-4-2-3-5-14(13)15)16-8-6-12-7-9-17-10-12/h2-5,7,9-11,16H,6,8H2,1H3/t11-/m0/s1. The summed E-state index contributed by atoms with van der Waals surface area (Å²) in [6, 6.07) is 10.5. The summed E-state index contributed by atoms with van der Waals surface area (Å²) in [4.78, 5) is 0. The van der Waals surface area contributed by atoms with Gasteiger partial charge in [-0.25, -0.2) is 0 Å². The van der Waals surface area contributed by atoms with Crippen LogP contribution in [-0.2, 0) is 6.42 Å². The lowest BCUT2D eigenvalue weighted by Gasteiger charge is -2.15. The van der Waals surface area contributed by atoms with Gasteiger partial charge in [-0.05, 0) is 53.9 Å². The van der Waals surface area contributed by atoms with Crippen LogP contribution in [0.5, 0.6) is 0 Å². The summed E-state index contributed by atoms with van der Waals surface area (Å²) in [6.45, 7) is 3.12. The lowest BCUT2D eigenvalue weighted by molar-refractivity contribution is 0.577. The molecular weight excluding hydrogens is 250 g/mol. The summed E-state index contributed by atoms with van der Waals surface area (Å²) in [5, 5.41) is 8.65. The number of hydrogen-bond donors (Lipinski definition) is 1. The van der Waals surface area contributed by atoms with E-state index in [-0.39, 0.29) is 0 Å². The van der Waals surface area contributed by atoms with Crippen molar-refractivity contribution in [2.45, 2.75) is 19.4 Å². The zero-order valence-corrected chi connectivity index (χ0v) is 11.4. The molecule has 1 aromatic carbocycles. The molecule has 2 rings (SSSR count). The third-order valence-corrected chi connectivity index (χ3v) is 3.89. The van der Waals surface area contributed by atoms with E-state index in [0.717, 1.165) is 18.0 Å². The number of nitrogens with one attached hydrogen (secondary N) is 1. The molecule has 0 saturated carbocycles. The fraction of sp³-hybridized carbons (Fsp3) is 0.286. The predicted molar refractivity (Wildman–Crippen MR) is 75.9 cm³/mol. The van der Waals surface area contributed by atoms with Crippen LogP contribution in [0, 0.1) is 0 Å². The molecule has 0 aliphatic heterocycles. The second-order valence-corrected chi connectivity index (χ2v) is 5.27. The highest BCUT2D eigenvalue weighted by Gasteiger charge is 2.07. The molecule has 2 aromatic rings. The van der Waals surface area contributed by atoms with Crippen LogP contribution in [-0.4, -0.2) is 6.54 Å². The molecule has 1 heterocycles. The van der Waals surface area contributed by atoms with E-state index < -0.39 is 0 Å². The minimum atomic E-state index is 0.294. The van der Waals surface area contributed by atoms with Crippen molar-refractivity contribution in [2.24, 2.45) is 0 Å². The van der Waals surface area contributed by atoms with Gasteiger partial charge in [-0.1, -0.05) is 29.8 Å². The fourth-order valence-corrected chi connectivity index (χ4v) is 2.81. The first-order valence-electron chi connectivity index (χ1n) is 5.76. The molecule has 0 radical (unpaired) electrons. The third kappa shape index (κ3) is 3.56. The minimum absolute atomic E-state index is 0.294. The zero-order chi connectivity index (χ0) is 12.1. The van der Waals surface area contributed by atoms with Gasteiger partial charge >= 0.3 is 0 Å². The lowest BCUT2D eigenvalue weighted by atomic mass is 10.1. The van der Waals surface area contributed by atoms with E-state index in [4.69, 9.17) is 11.6 Å². The Hall–Kier alpha value is -0.830. The van der Waals surface area contributed by atoms with Gasteiger partial charge in [0, 0.05) is 11.1 Å². The zero-order valence-electron chi connectivity index (χ0n) is 9.82. The second-order valence-electron chi connectivity index (χ2n) is 4.08. The summed E-state index contributed by atoms with van der Waals surface area (Å²) >= 11 is 7.91. The molecule has 0 aliphatic carbocycles. The summed E-state index contributed by atoms with van der Waals surface area (Å²) in [7, 11) is 0. The van der Waals surface area contributed by atoms with Crippen molar-refractivity contribution in [3.05, 3.63) is 57.2 Å². The molecular formula is C14H16ClNS. The predicted octanol–water partition coefficient (Wildman–Crippen LogP) is 4.29. The van der Waals surface area contributed by atoms with E-state index in [9.17, 15) is 0 Å². The molecule has 1 nitrogen and oxygen atoms in total. The van der Waals surface area contributed by atoms with Crippen LogP contribution in [0.1, 0.15) is 24.1 Å². The van der Waals surface area contributed by atoms with Crippen molar-refractivity contribution in [1.82, 2.24) is 5.32 Å². The molecule has 1 atom stereocenters. The Bertz CT molecular complexity index is 453. The average Bonchev–Trinajstić information content (AvgIpc) is 2.82. The average molecular weight is 266 g/mol. The quantitative estimate of drug-likeness (QED) is 0.850. The van der Waals surface area contributed by atoms with Crippen LogP contribution in [0.25, 0.3) is 0 Å². The van der Waals surface area contributed by atoms with E-state index in [1.165, 1.54) is 11.1 Å². The molecule has 0 amide bonds. The van der Waals surface area contributed by atoms with Crippen molar-refractivity contribution < 1.29 is 0 Å². The number of benzene rings is 1. The molecule has 0 bridgehead atoms. The maximum atomic E-state index is 6.16. The van der Waals surface area contributed by atoms with Gasteiger partial charge in [0.15, 0.2) is 0 Å². The lowest BCUT2D eigenvalue weighted by Crippen LogP contribution is -2.21. The first-order valence-corrected chi connectivity index (χ1v) is 7.08. The first kappa shape index (κ1) is 12.6. The van der Waals surface area contributed by atoms with E-state index in [1.807, 2.05) is 18.2 Å². The van der Waals surface area contributed by atoms with Gasteiger partial charge < -0.3 is 5.32 Å². The van der Waals surface area contributed by atoms with Crippen LogP contribution < -0.4 is 5.32 Å². The molecule has 90 valence electrons. The number of halogens is 1. The maximum absolute atomic E-state index is 6.16. The van der Waals surface area contributed by atoms with Gasteiger partial charge in [-0.15, -0.1) is 0 Å². The number of hydrogen-bond acceptors (Lipinski definition) is 2. The van der Waals surface area contributed by atoms with E-state index in [0.29, 0.717) is 6.04 Å². The van der Waals surface area contributed by atoms with Gasteiger partial charge in [-0.3, -0.25) is 0 Å². The molecule has 0 saturated heterocycles. The van der Waals surface area contributed by atoms with Crippen LogP contribution >= 0.6 is 22.9 Å². The normalized spacial score (nSPS) is 12.6. The van der Waals surface area contributed by atoms with Crippen LogP contribution in [0.2, 0.25) is 5.02 Å². The third-order valence-electron chi connectivity index (χ3n) is 2.82. The largest absolute Gasteiger partial charge is 0.310 e. The van der Waals surface area contributed by atoms with Gasteiger partial charge in [0.1, 0.15) is 0 Å². The van der Waals surface area contributed by atoms with E-state index in [1.54, 1.807) is 11.3 Å². The Kier molecular flexibility index (Phi) is 4.60. The molecule has 17 heavy (non-hydrogen) atoms.